The van der Waals surface area contributed by atoms with Crippen LogP contribution < -0.4 is 0 Å². The third-order valence-corrected chi connectivity index (χ3v) is 18.7. The molecular weight excluding hydrogens is 725 g/mol. The third kappa shape index (κ3) is 5.33. The first-order valence-corrected chi connectivity index (χ1v) is 21.8. The van der Waals surface area contributed by atoms with Gasteiger partial charge in [0, 0.05) is 17.9 Å². The van der Waals surface area contributed by atoms with Gasteiger partial charge in [0.05, 0.1) is 37.4 Å². The SMILES string of the molecule is C[C@@]1(CO)C[C@@H]2CCC[C@@H]3C[C@]2(C(=O)O)[C@@H](C1)C1=CC[C@H]2[C@@]4(C)[C@@H]5C=C[C@H](C[C@@]2(C)[C@@]13C)[C@@H]4[C@](C)(CO)[C@H](O[C@H]1OC[C@@H](O)[C@H](O)[C@H]1O)[C@@H]5OCc1ccccc1. The molecule has 10 heteroatoms. The van der Waals surface area contributed by atoms with Crippen LogP contribution in [0.4, 0.5) is 0 Å². The lowest BCUT2D eigenvalue weighted by Gasteiger charge is -2.76. The molecule has 314 valence electrons. The average molecular weight is 791 g/mol. The minimum Gasteiger partial charge on any atom is -0.481 e. The number of carbonyl (C=O) groups is 1. The Morgan fingerprint density at radius 2 is 1.63 bits per heavy atom. The summed E-state index contributed by atoms with van der Waals surface area (Å²) in [4.78, 5) is 13.8. The molecule has 0 spiro atoms. The van der Waals surface area contributed by atoms with Gasteiger partial charge in [0.25, 0.3) is 0 Å². The molecule has 9 rings (SSSR count). The molecule has 1 saturated heterocycles. The highest BCUT2D eigenvalue weighted by molar-refractivity contribution is 5.77. The van der Waals surface area contributed by atoms with E-state index in [0.717, 1.165) is 44.1 Å². The zero-order valence-electron chi connectivity index (χ0n) is 34.4. The van der Waals surface area contributed by atoms with Crippen molar-refractivity contribution in [3.05, 3.63) is 59.7 Å². The molecule has 6 fully saturated rings. The molecule has 19 atom stereocenters. The largest absolute Gasteiger partial charge is 0.481 e. The van der Waals surface area contributed by atoms with Crippen LogP contribution in [-0.2, 0) is 25.6 Å². The maximum absolute atomic E-state index is 13.8. The first-order chi connectivity index (χ1) is 27.0. The Labute approximate surface area is 337 Å². The number of allylic oxidation sites excluding steroid dienone is 3. The highest BCUT2D eigenvalue weighted by Crippen LogP contribution is 2.81. The number of hydrogen-bond donors (Lipinski definition) is 6. The van der Waals surface area contributed by atoms with E-state index in [9.17, 15) is 35.4 Å². The van der Waals surface area contributed by atoms with E-state index in [1.54, 1.807) is 0 Å². The third-order valence-electron chi connectivity index (χ3n) is 18.7. The van der Waals surface area contributed by atoms with Crippen LogP contribution in [0.15, 0.2) is 54.1 Å². The van der Waals surface area contributed by atoms with Gasteiger partial charge in [-0.1, -0.05) is 95.2 Å². The molecule has 1 aliphatic heterocycles. The van der Waals surface area contributed by atoms with Crippen molar-refractivity contribution in [2.24, 2.45) is 73.9 Å². The summed E-state index contributed by atoms with van der Waals surface area (Å²) in [6.07, 6.45) is 7.17. The van der Waals surface area contributed by atoms with E-state index in [-0.39, 0.29) is 82.9 Å². The highest BCUT2D eigenvalue weighted by Gasteiger charge is 2.77. The van der Waals surface area contributed by atoms with Gasteiger partial charge in [0.15, 0.2) is 6.29 Å². The van der Waals surface area contributed by atoms with Crippen molar-refractivity contribution in [3.8, 4) is 0 Å². The van der Waals surface area contributed by atoms with Crippen LogP contribution in [0.25, 0.3) is 0 Å². The van der Waals surface area contributed by atoms with Crippen molar-refractivity contribution in [2.75, 3.05) is 19.8 Å². The molecule has 0 unspecified atom stereocenters. The van der Waals surface area contributed by atoms with E-state index in [4.69, 9.17) is 14.2 Å². The lowest BCUT2D eigenvalue weighted by Crippen LogP contribution is -2.75. The molecule has 6 bridgehead atoms. The molecule has 0 radical (unpaired) electrons. The molecule has 8 aliphatic rings. The number of aliphatic carboxylic acids is 1. The Bertz CT molecular complexity index is 1780. The Hall–Kier alpha value is -2.15. The lowest BCUT2D eigenvalue weighted by atomic mass is 9.28. The van der Waals surface area contributed by atoms with Crippen LogP contribution >= 0.6 is 0 Å². The van der Waals surface area contributed by atoms with E-state index >= 15 is 0 Å². The molecule has 7 aliphatic carbocycles. The van der Waals surface area contributed by atoms with E-state index in [1.807, 2.05) is 30.3 Å². The van der Waals surface area contributed by atoms with E-state index in [1.165, 1.54) is 5.57 Å². The van der Waals surface area contributed by atoms with Crippen molar-refractivity contribution in [1.29, 1.82) is 0 Å². The van der Waals surface area contributed by atoms with Crippen LogP contribution in [0.2, 0.25) is 0 Å². The number of aliphatic hydroxyl groups excluding tert-OH is 5. The van der Waals surface area contributed by atoms with Crippen LogP contribution in [0.3, 0.4) is 0 Å². The fourth-order valence-electron chi connectivity index (χ4n) is 16.1. The van der Waals surface area contributed by atoms with Crippen molar-refractivity contribution in [2.45, 2.75) is 129 Å². The minimum absolute atomic E-state index is 0.0352. The van der Waals surface area contributed by atoms with Gasteiger partial charge in [-0.05, 0) is 108 Å². The molecule has 1 aromatic rings. The van der Waals surface area contributed by atoms with E-state index in [2.05, 4.69) is 52.8 Å². The highest BCUT2D eigenvalue weighted by atomic mass is 16.7. The number of carboxylic acids is 1. The van der Waals surface area contributed by atoms with Gasteiger partial charge in [0.2, 0.25) is 0 Å². The van der Waals surface area contributed by atoms with E-state index < -0.39 is 53.6 Å². The van der Waals surface area contributed by atoms with Crippen LogP contribution in [0.1, 0.15) is 91.5 Å². The van der Waals surface area contributed by atoms with Gasteiger partial charge in [-0.3, -0.25) is 4.79 Å². The van der Waals surface area contributed by atoms with E-state index in [0.29, 0.717) is 19.4 Å². The predicted molar refractivity (Wildman–Crippen MR) is 211 cm³/mol. The second-order valence-corrected chi connectivity index (χ2v) is 21.2. The molecule has 1 heterocycles. The van der Waals surface area contributed by atoms with Crippen molar-refractivity contribution in [1.82, 2.24) is 0 Å². The molecule has 10 nitrogen and oxygen atoms in total. The number of aliphatic hydroxyl groups is 5. The number of fused-ring (bicyclic) bond motifs is 6. The van der Waals surface area contributed by atoms with Gasteiger partial charge >= 0.3 is 5.97 Å². The number of ether oxygens (including phenoxy) is 3. The van der Waals surface area contributed by atoms with Gasteiger partial charge in [-0.25, -0.2) is 0 Å². The van der Waals surface area contributed by atoms with Crippen LogP contribution in [0, 0.1) is 73.9 Å². The zero-order chi connectivity index (χ0) is 40.5. The molecule has 6 N–H and O–H groups in total. The quantitative estimate of drug-likeness (QED) is 0.146. The second-order valence-electron chi connectivity index (χ2n) is 21.2. The summed E-state index contributed by atoms with van der Waals surface area (Å²) in [7, 11) is 0. The predicted octanol–water partition coefficient (Wildman–Crippen LogP) is 5.50. The maximum atomic E-state index is 13.8. The maximum Gasteiger partial charge on any atom is 0.310 e. The minimum atomic E-state index is -1.49. The van der Waals surface area contributed by atoms with Gasteiger partial charge in [0.1, 0.15) is 18.3 Å². The summed E-state index contributed by atoms with van der Waals surface area (Å²) in [6.45, 7) is 11.7. The number of rotatable bonds is 8. The Morgan fingerprint density at radius 3 is 2.33 bits per heavy atom. The molecule has 5 saturated carbocycles. The number of benzene rings is 1. The van der Waals surface area contributed by atoms with Crippen molar-refractivity contribution in [3.63, 3.8) is 0 Å². The lowest BCUT2D eigenvalue weighted by molar-refractivity contribution is -0.347. The normalized spacial score (nSPS) is 53.5. The van der Waals surface area contributed by atoms with Gasteiger partial charge < -0.3 is 44.8 Å². The molecule has 57 heavy (non-hydrogen) atoms. The average Bonchev–Trinajstić information content (AvgIpc) is 3.37. The summed E-state index contributed by atoms with van der Waals surface area (Å²) < 4.78 is 19.7. The van der Waals surface area contributed by atoms with Gasteiger partial charge in [-0.15, -0.1) is 0 Å². The smallest absolute Gasteiger partial charge is 0.310 e. The summed E-state index contributed by atoms with van der Waals surface area (Å²) in [6, 6.07) is 10.0. The zero-order valence-corrected chi connectivity index (χ0v) is 34.4. The summed E-state index contributed by atoms with van der Waals surface area (Å²) in [5.74, 6) is -0.472. The first kappa shape index (κ1) is 40.3. The molecular formula is C47H66O10. The first-order valence-electron chi connectivity index (χ1n) is 21.8. The second kappa shape index (κ2) is 13.7. The van der Waals surface area contributed by atoms with Crippen LogP contribution in [0.5, 0.6) is 0 Å². The monoisotopic (exact) mass is 790 g/mol. The fourth-order valence-corrected chi connectivity index (χ4v) is 16.1. The topological polar surface area (TPSA) is 166 Å². The fraction of sp³-hybridized carbons (Fsp3) is 0.766. The summed E-state index contributed by atoms with van der Waals surface area (Å²) >= 11 is 0. The van der Waals surface area contributed by atoms with Crippen LogP contribution in [-0.4, -0.2) is 93.2 Å². The number of carboxylic acid groups (broad SMARTS) is 1. The molecule has 1 aromatic carbocycles. The Kier molecular flexibility index (Phi) is 9.66. The van der Waals surface area contributed by atoms with Gasteiger partial charge in [-0.2, -0.15) is 0 Å². The van der Waals surface area contributed by atoms with Crippen molar-refractivity contribution < 1.29 is 49.6 Å². The molecule has 0 amide bonds. The molecule has 0 aromatic heterocycles. The number of hydrogen-bond acceptors (Lipinski definition) is 9. The Balaban J connectivity index is 1.17. The summed E-state index contributed by atoms with van der Waals surface area (Å²) in [5.41, 5.74) is -0.533. The summed E-state index contributed by atoms with van der Waals surface area (Å²) in [5, 5.41) is 66.0. The van der Waals surface area contributed by atoms with Crippen molar-refractivity contribution >= 4 is 5.97 Å². The standard InChI is InChI=1S/C47H66O10/c1-42(24-48)19-29-13-9-12-28-20-47(29,41(53)54)32(21-42)30-16-17-34-44(3,46(28,30)5)18-27-14-15-31-37(55-22-26-10-7-6-8-11-26)39(43(2,25-49)38(27)45(31,34)4)57-40-36(52)35(51)33(50)23-56-40/h6-8,10-11,14-16,27-29,31-40,48-52H,9,12-13,17-25H2,1-5H3,(H,53,54)/t27-,28-,29+,31-,32+,33-,34-,35+,36-,37-,38-,39-,40-,42-,43+,44-,45-,46-,47-/m1/s1. The Morgan fingerprint density at radius 1 is 0.895 bits per heavy atom.